The Morgan fingerprint density at radius 2 is 1.79 bits per heavy atom. The Kier molecular flexibility index (Phi) is 5.38. The van der Waals surface area contributed by atoms with Crippen molar-refractivity contribution < 1.29 is 18.7 Å². The number of halogens is 1. The van der Waals surface area contributed by atoms with Gasteiger partial charge in [0.1, 0.15) is 24.0 Å². The molecule has 3 aromatic carbocycles. The van der Waals surface area contributed by atoms with Crippen LogP contribution >= 0.6 is 0 Å². The highest BCUT2D eigenvalue weighted by Gasteiger charge is 2.33. The number of hydrogen-bond acceptors (Lipinski definition) is 5. The van der Waals surface area contributed by atoms with Crippen LogP contribution in [0, 0.1) is 12.7 Å². The Bertz CT molecular complexity index is 1250. The van der Waals surface area contributed by atoms with E-state index in [9.17, 15) is 9.18 Å². The van der Waals surface area contributed by atoms with Crippen molar-refractivity contribution in [3.8, 4) is 11.5 Å². The lowest BCUT2D eigenvalue weighted by Gasteiger charge is -2.30. The van der Waals surface area contributed by atoms with E-state index in [0.717, 1.165) is 33.7 Å². The molecule has 2 heterocycles. The van der Waals surface area contributed by atoms with Crippen molar-refractivity contribution in [2.24, 2.45) is 0 Å². The summed E-state index contributed by atoms with van der Waals surface area (Å²) in [5.74, 6) is 1.29. The fraction of sp³-hybridized carbons (Fsp3) is 0.222. The third-order valence-electron chi connectivity index (χ3n) is 6.03. The van der Waals surface area contributed by atoms with Gasteiger partial charge in [-0.1, -0.05) is 24.3 Å². The highest BCUT2D eigenvalue weighted by atomic mass is 19.1. The molecule has 0 spiro atoms. The minimum atomic E-state index is -0.249. The summed E-state index contributed by atoms with van der Waals surface area (Å²) in [5.41, 5.74) is 5.35. The molecule has 5 rings (SSSR count). The van der Waals surface area contributed by atoms with Gasteiger partial charge in [-0.2, -0.15) is 0 Å². The van der Waals surface area contributed by atoms with Crippen LogP contribution in [0.25, 0.3) is 6.08 Å². The molecule has 2 aliphatic heterocycles. The lowest BCUT2D eigenvalue weighted by atomic mass is 10.00. The van der Waals surface area contributed by atoms with Crippen LogP contribution in [0.1, 0.15) is 32.6 Å². The van der Waals surface area contributed by atoms with Gasteiger partial charge in [0.05, 0.1) is 5.56 Å². The molecular weight excluding hydrogens is 419 g/mol. The Balaban J connectivity index is 1.39. The van der Waals surface area contributed by atoms with Crippen molar-refractivity contribution in [2.75, 3.05) is 25.7 Å². The molecule has 0 N–H and O–H groups in total. The molecule has 2 aliphatic rings. The van der Waals surface area contributed by atoms with Gasteiger partial charge >= 0.3 is 0 Å². The van der Waals surface area contributed by atoms with Gasteiger partial charge in [-0.3, -0.25) is 9.69 Å². The van der Waals surface area contributed by atoms with E-state index in [1.165, 1.54) is 12.1 Å². The van der Waals surface area contributed by atoms with Crippen LogP contribution in [0.2, 0.25) is 0 Å². The topological polar surface area (TPSA) is 42.0 Å². The zero-order valence-corrected chi connectivity index (χ0v) is 18.9. The number of Topliss-reactive ketones (excluding diaryl/α,β-unsaturated/α-hetero) is 1. The van der Waals surface area contributed by atoms with E-state index in [1.54, 1.807) is 18.2 Å². The summed E-state index contributed by atoms with van der Waals surface area (Å²) in [6.45, 7) is 3.61. The second kappa shape index (κ2) is 8.37. The van der Waals surface area contributed by atoms with Crippen molar-refractivity contribution in [3.05, 3.63) is 94.0 Å². The van der Waals surface area contributed by atoms with Crippen molar-refractivity contribution in [1.82, 2.24) is 4.90 Å². The fourth-order valence-corrected chi connectivity index (χ4v) is 4.27. The Hall–Kier alpha value is -3.64. The summed E-state index contributed by atoms with van der Waals surface area (Å²) >= 11 is 0. The first kappa shape index (κ1) is 21.2. The van der Waals surface area contributed by atoms with Crippen LogP contribution in [0.3, 0.4) is 0 Å². The van der Waals surface area contributed by atoms with E-state index < -0.39 is 0 Å². The average molecular weight is 445 g/mol. The SMILES string of the molecule is Cc1c2c(cc3c1O/C(=C\c1ccc(N(C)C)cc1)C3=O)CN(Cc1ccc(F)cc1)CO2. The normalized spacial score (nSPS) is 16.2. The standard InChI is InChI=1S/C27H25FN2O3/c1-17-26-20(15-30(16-32-26)14-19-4-8-21(28)9-5-19)13-23-25(31)24(33-27(17)23)12-18-6-10-22(11-7-18)29(2)3/h4-13H,14-16H2,1-3H3/b24-12-. The average Bonchev–Trinajstić information content (AvgIpc) is 3.11. The van der Waals surface area contributed by atoms with Crippen molar-refractivity contribution >= 4 is 17.5 Å². The van der Waals surface area contributed by atoms with Crippen LogP contribution < -0.4 is 14.4 Å². The molecule has 0 amide bonds. The number of hydrogen-bond donors (Lipinski definition) is 0. The van der Waals surface area contributed by atoms with Gasteiger partial charge in [0.25, 0.3) is 0 Å². The van der Waals surface area contributed by atoms with Crippen LogP contribution in [0.15, 0.2) is 60.4 Å². The molecule has 0 fully saturated rings. The number of nitrogens with zero attached hydrogens (tertiary/aromatic N) is 2. The highest BCUT2D eigenvalue weighted by Crippen LogP contribution is 2.43. The molecule has 0 bridgehead atoms. The lowest BCUT2D eigenvalue weighted by molar-refractivity contribution is 0.0876. The van der Waals surface area contributed by atoms with E-state index in [4.69, 9.17) is 9.47 Å². The quantitative estimate of drug-likeness (QED) is 0.520. The predicted molar refractivity (Wildman–Crippen MR) is 126 cm³/mol. The van der Waals surface area contributed by atoms with Gasteiger partial charge in [0, 0.05) is 44.0 Å². The number of ketones is 1. The summed E-state index contributed by atoms with van der Waals surface area (Å²) in [7, 11) is 3.97. The summed E-state index contributed by atoms with van der Waals surface area (Å²) < 4.78 is 25.3. The van der Waals surface area contributed by atoms with E-state index >= 15 is 0 Å². The Morgan fingerprint density at radius 3 is 2.48 bits per heavy atom. The number of carbonyl (C=O) groups is 1. The lowest BCUT2D eigenvalue weighted by Crippen LogP contribution is -2.32. The van der Waals surface area contributed by atoms with Crippen LogP contribution in [-0.4, -0.2) is 31.5 Å². The first-order chi connectivity index (χ1) is 15.9. The number of fused-ring (bicyclic) bond motifs is 2. The number of rotatable bonds is 4. The molecule has 6 heteroatoms. The number of allylic oxidation sites excluding steroid dienone is 1. The maximum Gasteiger partial charge on any atom is 0.231 e. The second-order valence-electron chi connectivity index (χ2n) is 8.68. The highest BCUT2D eigenvalue weighted by molar-refractivity contribution is 6.15. The maximum absolute atomic E-state index is 13.2. The minimum Gasteiger partial charge on any atom is -0.477 e. The molecule has 168 valence electrons. The van der Waals surface area contributed by atoms with Crippen LogP contribution in [-0.2, 0) is 13.1 Å². The molecule has 0 aliphatic carbocycles. The Morgan fingerprint density at radius 1 is 1.06 bits per heavy atom. The summed E-state index contributed by atoms with van der Waals surface area (Å²) in [5, 5.41) is 0. The molecule has 0 unspecified atom stereocenters. The second-order valence-corrected chi connectivity index (χ2v) is 8.68. The van der Waals surface area contributed by atoms with Gasteiger partial charge in [0.2, 0.25) is 5.78 Å². The fourth-order valence-electron chi connectivity index (χ4n) is 4.27. The smallest absolute Gasteiger partial charge is 0.231 e. The third-order valence-corrected chi connectivity index (χ3v) is 6.03. The molecule has 5 nitrogen and oxygen atoms in total. The van der Waals surface area contributed by atoms with E-state index in [-0.39, 0.29) is 11.6 Å². The zero-order chi connectivity index (χ0) is 23.1. The third kappa shape index (κ3) is 4.10. The molecular formula is C27H25FN2O3. The zero-order valence-electron chi connectivity index (χ0n) is 18.9. The van der Waals surface area contributed by atoms with Crippen LogP contribution in [0.5, 0.6) is 11.5 Å². The van der Waals surface area contributed by atoms with Crippen molar-refractivity contribution in [3.63, 3.8) is 0 Å². The largest absolute Gasteiger partial charge is 0.477 e. The van der Waals surface area contributed by atoms with Gasteiger partial charge < -0.3 is 14.4 Å². The Labute approximate surface area is 192 Å². The number of ether oxygens (including phenoxy) is 2. The van der Waals surface area contributed by atoms with Crippen LogP contribution in [0.4, 0.5) is 10.1 Å². The number of benzene rings is 3. The molecule has 0 saturated carbocycles. The monoisotopic (exact) mass is 444 g/mol. The molecule has 3 aromatic rings. The summed E-state index contributed by atoms with van der Waals surface area (Å²) in [6.07, 6.45) is 1.78. The molecule has 0 saturated heterocycles. The van der Waals surface area contributed by atoms with E-state index in [1.807, 2.05) is 56.3 Å². The van der Waals surface area contributed by atoms with E-state index in [0.29, 0.717) is 36.9 Å². The summed E-state index contributed by atoms with van der Waals surface area (Å²) in [4.78, 5) is 17.3. The van der Waals surface area contributed by atoms with Crippen molar-refractivity contribution in [1.29, 1.82) is 0 Å². The van der Waals surface area contributed by atoms with Gasteiger partial charge in [-0.15, -0.1) is 0 Å². The van der Waals surface area contributed by atoms with E-state index in [2.05, 4.69) is 4.90 Å². The molecule has 0 radical (unpaired) electrons. The van der Waals surface area contributed by atoms with Gasteiger partial charge in [0.15, 0.2) is 5.76 Å². The summed E-state index contributed by atoms with van der Waals surface area (Å²) in [6, 6.07) is 16.3. The first-order valence-electron chi connectivity index (χ1n) is 10.9. The number of carbonyl (C=O) groups excluding carboxylic acids is 1. The minimum absolute atomic E-state index is 0.122. The predicted octanol–water partition coefficient (Wildman–Crippen LogP) is 5.17. The van der Waals surface area contributed by atoms with Gasteiger partial charge in [-0.05, 0) is 54.5 Å². The van der Waals surface area contributed by atoms with Gasteiger partial charge in [-0.25, -0.2) is 4.39 Å². The number of anilines is 1. The first-order valence-corrected chi connectivity index (χ1v) is 10.9. The van der Waals surface area contributed by atoms with Crippen molar-refractivity contribution in [2.45, 2.75) is 20.0 Å². The molecule has 0 aromatic heterocycles. The maximum atomic E-state index is 13.2. The molecule has 0 atom stereocenters. The molecule has 33 heavy (non-hydrogen) atoms.